The number of hydrogen-bond donors (Lipinski definition) is 0. The number of aryl methyl sites for hydroxylation is 1. The summed E-state index contributed by atoms with van der Waals surface area (Å²) in [6, 6.07) is 15.9. The normalized spacial score (nSPS) is 10.5. The van der Waals surface area contributed by atoms with Gasteiger partial charge in [0.05, 0.1) is 23.4 Å². The second kappa shape index (κ2) is 5.92. The van der Waals surface area contributed by atoms with Crippen LogP contribution in [0.4, 0.5) is 5.69 Å². The van der Waals surface area contributed by atoms with Gasteiger partial charge in [-0.25, -0.2) is 4.68 Å². The fourth-order valence-electron chi connectivity index (χ4n) is 2.35. The summed E-state index contributed by atoms with van der Waals surface area (Å²) in [5, 5.41) is 15.3. The molecule has 0 N–H and O–H groups in total. The third kappa shape index (κ3) is 2.91. The molecule has 0 radical (unpaired) electrons. The molecule has 6 heteroatoms. The van der Waals surface area contributed by atoms with Gasteiger partial charge in [-0.1, -0.05) is 0 Å². The van der Waals surface area contributed by atoms with Crippen LogP contribution in [0.3, 0.4) is 0 Å². The van der Waals surface area contributed by atoms with Crippen molar-refractivity contribution < 1.29 is 9.66 Å². The van der Waals surface area contributed by atoms with Gasteiger partial charge in [0, 0.05) is 23.4 Å². The average Bonchev–Trinajstić information content (AvgIpc) is 2.97. The van der Waals surface area contributed by atoms with Gasteiger partial charge in [0.25, 0.3) is 5.69 Å². The van der Waals surface area contributed by atoms with E-state index in [0.717, 1.165) is 28.4 Å². The van der Waals surface area contributed by atoms with Crippen LogP contribution in [0.5, 0.6) is 5.75 Å². The van der Waals surface area contributed by atoms with E-state index in [2.05, 4.69) is 5.10 Å². The zero-order valence-electron chi connectivity index (χ0n) is 12.8. The van der Waals surface area contributed by atoms with Gasteiger partial charge in [-0.2, -0.15) is 5.10 Å². The van der Waals surface area contributed by atoms with Crippen molar-refractivity contribution in [2.24, 2.45) is 0 Å². The van der Waals surface area contributed by atoms with Crippen molar-refractivity contribution in [2.45, 2.75) is 6.92 Å². The number of ether oxygens (including phenoxy) is 1. The van der Waals surface area contributed by atoms with Gasteiger partial charge < -0.3 is 4.74 Å². The van der Waals surface area contributed by atoms with E-state index in [1.54, 1.807) is 19.2 Å². The highest BCUT2D eigenvalue weighted by molar-refractivity contribution is 5.61. The Kier molecular flexibility index (Phi) is 3.80. The molecule has 0 aliphatic rings. The summed E-state index contributed by atoms with van der Waals surface area (Å²) >= 11 is 0. The maximum Gasteiger partial charge on any atom is 0.269 e. The summed E-state index contributed by atoms with van der Waals surface area (Å²) < 4.78 is 6.99. The molecule has 0 aliphatic heterocycles. The molecule has 3 rings (SSSR count). The lowest BCUT2D eigenvalue weighted by molar-refractivity contribution is -0.384. The Morgan fingerprint density at radius 3 is 2.30 bits per heavy atom. The third-order valence-corrected chi connectivity index (χ3v) is 3.58. The molecule has 1 heterocycles. The first-order valence-corrected chi connectivity index (χ1v) is 7.04. The molecule has 0 saturated carbocycles. The van der Waals surface area contributed by atoms with E-state index >= 15 is 0 Å². The van der Waals surface area contributed by atoms with Crippen LogP contribution < -0.4 is 4.74 Å². The third-order valence-electron chi connectivity index (χ3n) is 3.58. The molecule has 0 unspecified atom stereocenters. The Balaban J connectivity index is 1.95. The minimum Gasteiger partial charge on any atom is -0.497 e. The van der Waals surface area contributed by atoms with Gasteiger partial charge >= 0.3 is 0 Å². The Hall–Kier alpha value is -3.15. The van der Waals surface area contributed by atoms with E-state index in [4.69, 9.17) is 4.74 Å². The highest BCUT2D eigenvalue weighted by atomic mass is 16.6. The van der Waals surface area contributed by atoms with Crippen molar-refractivity contribution >= 4 is 5.69 Å². The molecule has 2 aromatic carbocycles. The molecule has 0 aliphatic carbocycles. The minimum atomic E-state index is -0.412. The van der Waals surface area contributed by atoms with Crippen LogP contribution >= 0.6 is 0 Å². The molecule has 3 aromatic rings. The predicted octanol–water partition coefficient (Wildman–Crippen LogP) is 3.76. The first kappa shape index (κ1) is 14.8. The van der Waals surface area contributed by atoms with Crippen molar-refractivity contribution in [3.63, 3.8) is 0 Å². The van der Waals surface area contributed by atoms with E-state index in [-0.39, 0.29) is 5.69 Å². The lowest BCUT2D eigenvalue weighted by Crippen LogP contribution is -1.98. The van der Waals surface area contributed by atoms with Crippen LogP contribution in [0.15, 0.2) is 54.6 Å². The molecule has 0 atom stereocenters. The topological polar surface area (TPSA) is 70.2 Å². The Labute approximate surface area is 133 Å². The number of non-ortho nitro benzene ring substituents is 1. The lowest BCUT2D eigenvalue weighted by atomic mass is 10.1. The van der Waals surface area contributed by atoms with Crippen molar-refractivity contribution in [3.8, 4) is 22.7 Å². The first-order valence-electron chi connectivity index (χ1n) is 7.04. The van der Waals surface area contributed by atoms with Crippen LogP contribution in [0.2, 0.25) is 0 Å². The van der Waals surface area contributed by atoms with Crippen LogP contribution in [0.1, 0.15) is 5.69 Å². The highest BCUT2D eigenvalue weighted by Gasteiger charge is 2.10. The summed E-state index contributed by atoms with van der Waals surface area (Å²) in [7, 11) is 1.63. The van der Waals surface area contributed by atoms with Crippen molar-refractivity contribution in [3.05, 3.63) is 70.4 Å². The summed E-state index contributed by atoms with van der Waals surface area (Å²) in [4.78, 5) is 10.3. The van der Waals surface area contributed by atoms with Crippen LogP contribution in [-0.2, 0) is 0 Å². The molecular weight excluding hydrogens is 294 g/mol. The predicted molar refractivity (Wildman–Crippen MR) is 86.9 cm³/mol. The fraction of sp³-hybridized carbons (Fsp3) is 0.118. The Morgan fingerprint density at radius 1 is 1.09 bits per heavy atom. The van der Waals surface area contributed by atoms with Crippen LogP contribution in [-0.4, -0.2) is 21.8 Å². The molecule has 1 aromatic heterocycles. The molecule has 0 bridgehead atoms. The van der Waals surface area contributed by atoms with Gasteiger partial charge in [-0.05, 0) is 49.4 Å². The Bertz CT molecular complexity index is 837. The summed E-state index contributed by atoms with van der Waals surface area (Å²) in [6.07, 6.45) is 0. The molecule has 116 valence electrons. The van der Waals surface area contributed by atoms with Crippen LogP contribution in [0, 0.1) is 17.0 Å². The number of rotatable bonds is 4. The van der Waals surface area contributed by atoms with Gasteiger partial charge in [-0.15, -0.1) is 0 Å². The SMILES string of the molecule is COc1ccc(-n2nc(-c3ccc([N+](=O)[O-])cc3)cc2C)cc1. The molecule has 23 heavy (non-hydrogen) atoms. The maximum atomic E-state index is 10.7. The summed E-state index contributed by atoms with van der Waals surface area (Å²) in [5.41, 5.74) is 3.58. The quantitative estimate of drug-likeness (QED) is 0.543. The van der Waals surface area contributed by atoms with E-state index in [0.29, 0.717) is 0 Å². The smallest absolute Gasteiger partial charge is 0.269 e. The number of hydrogen-bond acceptors (Lipinski definition) is 4. The van der Waals surface area contributed by atoms with Gasteiger partial charge in [0.2, 0.25) is 0 Å². The number of aromatic nitrogens is 2. The lowest BCUT2D eigenvalue weighted by Gasteiger charge is -2.05. The highest BCUT2D eigenvalue weighted by Crippen LogP contribution is 2.24. The summed E-state index contributed by atoms with van der Waals surface area (Å²) in [5.74, 6) is 0.786. The van der Waals surface area contributed by atoms with Gasteiger partial charge in [-0.3, -0.25) is 10.1 Å². The molecule has 0 amide bonds. The molecule has 6 nitrogen and oxygen atoms in total. The number of nitro groups is 1. The minimum absolute atomic E-state index is 0.0695. The standard InChI is InChI=1S/C17H15N3O3/c1-12-11-17(13-3-5-15(6-4-13)20(21)22)18-19(12)14-7-9-16(23-2)10-8-14/h3-11H,1-2H3. The fourth-order valence-corrected chi connectivity index (χ4v) is 2.35. The van der Waals surface area contributed by atoms with Crippen LogP contribution in [0.25, 0.3) is 16.9 Å². The molecular formula is C17H15N3O3. The molecule has 0 saturated heterocycles. The van der Waals surface area contributed by atoms with Crippen molar-refractivity contribution in [1.82, 2.24) is 9.78 Å². The largest absolute Gasteiger partial charge is 0.497 e. The number of nitrogens with zero attached hydrogens (tertiary/aromatic N) is 3. The maximum absolute atomic E-state index is 10.7. The van der Waals surface area contributed by atoms with E-state index in [1.165, 1.54) is 12.1 Å². The first-order chi connectivity index (χ1) is 11.1. The number of nitro benzene ring substituents is 1. The number of methoxy groups -OCH3 is 1. The molecule has 0 spiro atoms. The van der Waals surface area contributed by atoms with Crippen molar-refractivity contribution in [2.75, 3.05) is 7.11 Å². The summed E-state index contributed by atoms with van der Waals surface area (Å²) in [6.45, 7) is 1.96. The monoisotopic (exact) mass is 309 g/mol. The van der Waals surface area contributed by atoms with Gasteiger partial charge in [0.1, 0.15) is 5.75 Å². The second-order valence-corrected chi connectivity index (χ2v) is 5.08. The molecule has 0 fully saturated rings. The van der Waals surface area contributed by atoms with E-state index < -0.39 is 4.92 Å². The van der Waals surface area contributed by atoms with E-state index in [9.17, 15) is 10.1 Å². The van der Waals surface area contributed by atoms with Crippen molar-refractivity contribution in [1.29, 1.82) is 0 Å². The zero-order valence-corrected chi connectivity index (χ0v) is 12.8. The zero-order chi connectivity index (χ0) is 16.4. The second-order valence-electron chi connectivity index (χ2n) is 5.08. The van der Waals surface area contributed by atoms with Gasteiger partial charge in [0.15, 0.2) is 0 Å². The average molecular weight is 309 g/mol. The Morgan fingerprint density at radius 2 is 1.74 bits per heavy atom. The number of benzene rings is 2. The van der Waals surface area contributed by atoms with E-state index in [1.807, 2.05) is 41.9 Å².